The maximum atomic E-state index is 6.14. The summed E-state index contributed by atoms with van der Waals surface area (Å²) in [6.45, 7) is 1.68. The molecule has 1 aromatic heterocycles. The fourth-order valence-electron chi connectivity index (χ4n) is 2.72. The molecule has 0 radical (unpaired) electrons. The van der Waals surface area contributed by atoms with Gasteiger partial charge in [-0.2, -0.15) is 0 Å². The van der Waals surface area contributed by atoms with E-state index in [1.165, 1.54) is 0 Å². The van der Waals surface area contributed by atoms with Crippen molar-refractivity contribution in [1.82, 2.24) is 9.88 Å². The summed E-state index contributed by atoms with van der Waals surface area (Å²) in [5.74, 6) is 3.50. The fourth-order valence-corrected chi connectivity index (χ4v) is 2.72. The molecule has 0 fully saturated rings. The van der Waals surface area contributed by atoms with Crippen LogP contribution < -0.4 is 14.8 Å². The van der Waals surface area contributed by atoms with Crippen LogP contribution in [0.2, 0.25) is 0 Å². The fraction of sp³-hybridized carbons (Fsp3) is 0.211. The van der Waals surface area contributed by atoms with E-state index in [4.69, 9.17) is 14.5 Å². The van der Waals surface area contributed by atoms with E-state index >= 15 is 0 Å². The van der Waals surface area contributed by atoms with Crippen LogP contribution in [0, 0.1) is 0 Å². The Morgan fingerprint density at radius 1 is 0.920 bits per heavy atom. The average Bonchev–Trinajstić information content (AvgIpc) is 2.60. The van der Waals surface area contributed by atoms with Gasteiger partial charge in [0.2, 0.25) is 5.75 Å². The van der Waals surface area contributed by atoms with Gasteiger partial charge in [-0.05, 0) is 38.4 Å². The number of aromatic nitrogens is 1. The highest BCUT2D eigenvalue weighted by Gasteiger charge is 2.25. The van der Waals surface area contributed by atoms with E-state index < -0.39 is 0 Å². The van der Waals surface area contributed by atoms with Gasteiger partial charge in [0.15, 0.2) is 23.1 Å². The van der Waals surface area contributed by atoms with Crippen LogP contribution in [0.25, 0.3) is 10.9 Å². The molecular formula is C19H20ClN3O2. The zero-order chi connectivity index (χ0) is 16.5. The van der Waals surface area contributed by atoms with Crippen LogP contribution in [0.4, 0.5) is 5.82 Å². The lowest BCUT2D eigenvalue weighted by atomic mass is 10.1. The third-order valence-corrected chi connectivity index (χ3v) is 3.93. The maximum Gasteiger partial charge on any atom is 0.212 e. The second-order valence-corrected chi connectivity index (χ2v) is 6.02. The molecule has 0 amide bonds. The molecule has 0 bridgehead atoms. The SMILES string of the molecule is CN(C)CCNc1nc2ccccc2c2c1Oc1ccccc1O2.Cl. The highest BCUT2D eigenvalue weighted by atomic mass is 35.5. The summed E-state index contributed by atoms with van der Waals surface area (Å²) in [6.07, 6.45) is 0. The van der Waals surface area contributed by atoms with Crippen molar-refractivity contribution in [3.63, 3.8) is 0 Å². The van der Waals surface area contributed by atoms with Crippen molar-refractivity contribution in [3.05, 3.63) is 48.5 Å². The zero-order valence-electron chi connectivity index (χ0n) is 14.2. The summed E-state index contributed by atoms with van der Waals surface area (Å²) in [5.41, 5.74) is 0.881. The largest absolute Gasteiger partial charge is 0.449 e. The van der Waals surface area contributed by atoms with Gasteiger partial charge in [-0.3, -0.25) is 0 Å². The molecule has 3 aromatic rings. The minimum atomic E-state index is 0. The molecule has 0 saturated heterocycles. The number of hydrogen-bond donors (Lipinski definition) is 1. The number of benzene rings is 2. The number of anilines is 1. The maximum absolute atomic E-state index is 6.14. The van der Waals surface area contributed by atoms with Gasteiger partial charge in [0.25, 0.3) is 0 Å². The van der Waals surface area contributed by atoms with Gasteiger partial charge < -0.3 is 19.7 Å². The number of hydrogen-bond acceptors (Lipinski definition) is 5. The van der Waals surface area contributed by atoms with Gasteiger partial charge in [0.05, 0.1) is 5.52 Å². The van der Waals surface area contributed by atoms with Crippen molar-refractivity contribution in [2.24, 2.45) is 0 Å². The molecule has 0 aliphatic carbocycles. The molecule has 1 aliphatic heterocycles. The first-order valence-electron chi connectivity index (χ1n) is 7.98. The normalized spacial score (nSPS) is 11.8. The summed E-state index contributed by atoms with van der Waals surface area (Å²) < 4.78 is 12.3. The highest BCUT2D eigenvalue weighted by Crippen LogP contribution is 2.50. The van der Waals surface area contributed by atoms with Crippen molar-refractivity contribution < 1.29 is 9.47 Å². The molecule has 0 atom stereocenters. The monoisotopic (exact) mass is 357 g/mol. The molecule has 5 nitrogen and oxygen atoms in total. The van der Waals surface area contributed by atoms with Crippen LogP contribution in [0.3, 0.4) is 0 Å². The molecule has 6 heteroatoms. The molecule has 0 unspecified atom stereocenters. The number of fused-ring (bicyclic) bond motifs is 4. The predicted octanol–water partition coefficient (Wildman–Crippen LogP) is 4.53. The van der Waals surface area contributed by atoms with Crippen LogP contribution in [-0.4, -0.2) is 37.1 Å². The van der Waals surface area contributed by atoms with Crippen LogP contribution >= 0.6 is 12.4 Å². The molecule has 1 N–H and O–H groups in total. The second kappa shape index (κ2) is 7.17. The van der Waals surface area contributed by atoms with Crippen LogP contribution in [0.1, 0.15) is 0 Å². The molecule has 130 valence electrons. The molecule has 2 heterocycles. The zero-order valence-corrected chi connectivity index (χ0v) is 15.0. The quantitative estimate of drug-likeness (QED) is 0.581. The van der Waals surface area contributed by atoms with Gasteiger partial charge in [-0.15, -0.1) is 12.4 Å². The van der Waals surface area contributed by atoms with E-state index in [0.29, 0.717) is 23.1 Å². The first-order chi connectivity index (χ1) is 11.7. The van der Waals surface area contributed by atoms with E-state index in [-0.39, 0.29) is 12.4 Å². The van der Waals surface area contributed by atoms with Gasteiger partial charge in [0.1, 0.15) is 0 Å². The van der Waals surface area contributed by atoms with Crippen LogP contribution in [0.5, 0.6) is 23.0 Å². The molecule has 1 aliphatic rings. The molecule has 25 heavy (non-hydrogen) atoms. The van der Waals surface area contributed by atoms with Crippen molar-refractivity contribution >= 4 is 29.1 Å². The Hall–Kier alpha value is -2.50. The van der Waals surface area contributed by atoms with Gasteiger partial charge >= 0.3 is 0 Å². The number of nitrogens with one attached hydrogen (secondary N) is 1. The highest BCUT2D eigenvalue weighted by molar-refractivity contribution is 5.92. The van der Waals surface area contributed by atoms with Crippen LogP contribution in [-0.2, 0) is 0 Å². The van der Waals surface area contributed by atoms with E-state index in [0.717, 1.165) is 29.7 Å². The third-order valence-electron chi connectivity index (χ3n) is 3.93. The lowest BCUT2D eigenvalue weighted by molar-refractivity contribution is 0.363. The Morgan fingerprint density at radius 2 is 1.56 bits per heavy atom. The van der Waals surface area contributed by atoms with Crippen LogP contribution in [0.15, 0.2) is 48.5 Å². The molecular weight excluding hydrogens is 338 g/mol. The molecule has 0 spiro atoms. The number of pyridine rings is 1. The van der Waals surface area contributed by atoms with E-state index in [1.807, 2.05) is 62.6 Å². The van der Waals surface area contributed by atoms with Crippen molar-refractivity contribution in [3.8, 4) is 23.0 Å². The summed E-state index contributed by atoms with van der Waals surface area (Å²) in [4.78, 5) is 6.84. The first-order valence-corrected chi connectivity index (χ1v) is 7.98. The van der Waals surface area contributed by atoms with Crippen molar-refractivity contribution in [1.29, 1.82) is 0 Å². The number of halogens is 1. The second-order valence-electron chi connectivity index (χ2n) is 6.02. The lowest BCUT2D eigenvalue weighted by Gasteiger charge is -2.24. The standard InChI is InChI=1S/C19H19N3O2.ClH/c1-22(2)12-11-20-19-18-17(13-7-3-4-8-14(13)21-19)23-15-9-5-6-10-16(15)24-18;/h3-10H,11-12H2,1-2H3,(H,20,21);1H. The number of para-hydroxylation sites is 3. The average molecular weight is 358 g/mol. The number of nitrogens with zero attached hydrogens (tertiary/aromatic N) is 2. The summed E-state index contributed by atoms with van der Waals surface area (Å²) in [7, 11) is 4.08. The summed E-state index contributed by atoms with van der Waals surface area (Å²) in [5, 5.41) is 4.31. The summed E-state index contributed by atoms with van der Waals surface area (Å²) in [6, 6.07) is 15.6. The van der Waals surface area contributed by atoms with Gasteiger partial charge in [-0.1, -0.05) is 24.3 Å². The Kier molecular flexibility index (Phi) is 4.97. The Bertz CT molecular complexity index is 899. The van der Waals surface area contributed by atoms with E-state index in [9.17, 15) is 0 Å². The predicted molar refractivity (Wildman–Crippen MR) is 103 cm³/mol. The number of ether oxygens (including phenoxy) is 2. The van der Waals surface area contributed by atoms with E-state index in [1.54, 1.807) is 0 Å². The van der Waals surface area contributed by atoms with Gasteiger partial charge in [0, 0.05) is 18.5 Å². The summed E-state index contributed by atoms with van der Waals surface area (Å²) >= 11 is 0. The molecule has 4 rings (SSSR count). The third kappa shape index (κ3) is 3.34. The first kappa shape index (κ1) is 17.3. The minimum absolute atomic E-state index is 0. The van der Waals surface area contributed by atoms with Crippen molar-refractivity contribution in [2.75, 3.05) is 32.5 Å². The topological polar surface area (TPSA) is 46.6 Å². The number of likely N-dealkylation sites (N-methyl/N-ethyl adjacent to an activating group) is 1. The Labute approximate surface area is 153 Å². The lowest BCUT2D eigenvalue weighted by Crippen LogP contribution is -2.21. The number of rotatable bonds is 4. The van der Waals surface area contributed by atoms with Crippen molar-refractivity contribution in [2.45, 2.75) is 0 Å². The van der Waals surface area contributed by atoms with Gasteiger partial charge in [-0.25, -0.2) is 4.98 Å². The molecule has 2 aromatic carbocycles. The Morgan fingerprint density at radius 3 is 2.28 bits per heavy atom. The molecule has 0 saturated carbocycles. The minimum Gasteiger partial charge on any atom is -0.449 e. The smallest absolute Gasteiger partial charge is 0.212 e. The Balaban J connectivity index is 0.00000182. The van der Waals surface area contributed by atoms with E-state index in [2.05, 4.69) is 10.2 Å².